The minimum absolute atomic E-state index is 0.101. The third-order valence-corrected chi connectivity index (χ3v) is 6.21. The highest BCUT2D eigenvalue weighted by Gasteiger charge is 2.43. The average molecular weight is 365 g/mol. The molecule has 5 heteroatoms. The van der Waals surface area contributed by atoms with Crippen molar-refractivity contribution in [3.05, 3.63) is 53.5 Å². The number of likely N-dealkylation sites (tertiary alicyclic amines) is 1. The third-order valence-electron chi connectivity index (χ3n) is 6.21. The molecule has 4 nitrogen and oxygen atoms in total. The van der Waals surface area contributed by atoms with Crippen LogP contribution in [0.4, 0.5) is 15.9 Å². The number of aromatic nitrogens is 1. The van der Waals surface area contributed by atoms with E-state index in [1.54, 1.807) is 18.3 Å². The molecule has 2 aromatic rings. The summed E-state index contributed by atoms with van der Waals surface area (Å²) in [6.45, 7) is 2.53. The SMILES string of the molecule is O=C(c1cnc2c(c1)C1CC1CCN2c1cccc(F)c1)N1CCCCC1. The number of amides is 1. The van der Waals surface area contributed by atoms with E-state index < -0.39 is 0 Å². The van der Waals surface area contributed by atoms with E-state index in [4.69, 9.17) is 4.98 Å². The number of carbonyl (C=O) groups is 1. The molecule has 5 rings (SSSR count). The van der Waals surface area contributed by atoms with Gasteiger partial charge >= 0.3 is 0 Å². The van der Waals surface area contributed by atoms with Crippen LogP contribution in [0.3, 0.4) is 0 Å². The van der Waals surface area contributed by atoms with Crippen molar-refractivity contribution in [3.63, 3.8) is 0 Å². The fourth-order valence-corrected chi connectivity index (χ4v) is 4.61. The molecule has 2 fully saturated rings. The molecule has 1 aromatic carbocycles. The molecule has 0 spiro atoms. The van der Waals surface area contributed by atoms with E-state index in [0.717, 1.165) is 56.0 Å². The number of halogens is 1. The van der Waals surface area contributed by atoms with E-state index in [-0.39, 0.29) is 11.7 Å². The summed E-state index contributed by atoms with van der Waals surface area (Å²) >= 11 is 0. The molecule has 2 aliphatic heterocycles. The Morgan fingerprint density at radius 3 is 2.78 bits per heavy atom. The van der Waals surface area contributed by atoms with Crippen molar-refractivity contribution in [1.29, 1.82) is 0 Å². The molecule has 2 atom stereocenters. The highest BCUT2D eigenvalue weighted by atomic mass is 19.1. The molecule has 1 saturated carbocycles. The van der Waals surface area contributed by atoms with Gasteiger partial charge in [-0.1, -0.05) is 6.07 Å². The van der Waals surface area contributed by atoms with Gasteiger partial charge in [0.2, 0.25) is 0 Å². The standard InChI is InChI=1S/C22H24FN3O/c23-17-5-4-6-18(13-17)26-10-7-15-11-19(15)20-12-16(14-24-21(20)26)22(27)25-8-2-1-3-9-25/h4-6,12-15,19H,1-3,7-11H2. The number of carbonyl (C=O) groups excluding carboxylic acids is 1. The Morgan fingerprint density at radius 2 is 1.96 bits per heavy atom. The number of pyridine rings is 1. The van der Waals surface area contributed by atoms with Gasteiger partial charge in [0.15, 0.2) is 0 Å². The maximum atomic E-state index is 13.8. The van der Waals surface area contributed by atoms with Crippen molar-refractivity contribution < 1.29 is 9.18 Å². The zero-order valence-electron chi connectivity index (χ0n) is 15.4. The summed E-state index contributed by atoms with van der Waals surface area (Å²) in [5, 5.41) is 0. The van der Waals surface area contributed by atoms with E-state index in [2.05, 4.69) is 11.0 Å². The fraction of sp³-hybridized carbons (Fsp3) is 0.455. The smallest absolute Gasteiger partial charge is 0.255 e. The molecule has 1 aromatic heterocycles. The first kappa shape index (κ1) is 16.7. The van der Waals surface area contributed by atoms with Gasteiger partial charge in [0, 0.05) is 31.5 Å². The molecule has 3 heterocycles. The van der Waals surface area contributed by atoms with Gasteiger partial charge in [-0.15, -0.1) is 0 Å². The maximum Gasteiger partial charge on any atom is 0.255 e. The molecule has 0 N–H and O–H groups in total. The summed E-state index contributed by atoms with van der Waals surface area (Å²) in [5.74, 6) is 1.90. The third kappa shape index (κ3) is 3.09. The number of rotatable bonds is 2. The Bertz CT molecular complexity index is 878. The highest BCUT2D eigenvalue weighted by molar-refractivity contribution is 5.94. The molecular weight excluding hydrogens is 341 g/mol. The first-order valence-electron chi connectivity index (χ1n) is 10.0. The average Bonchev–Trinajstić information content (AvgIpc) is 3.48. The molecule has 27 heavy (non-hydrogen) atoms. The lowest BCUT2D eigenvalue weighted by Gasteiger charge is -2.28. The van der Waals surface area contributed by atoms with Crippen LogP contribution in [0.25, 0.3) is 0 Å². The van der Waals surface area contributed by atoms with Gasteiger partial charge in [-0.25, -0.2) is 9.37 Å². The van der Waals surface area contributed by atoms with E-state index in [1.165, 1.54) is 18.9 Å². The molecule has 0 radical (unpaired) electrons. The predicted molar refractivity (Wildman–Crippen MR) is 103 cm³/mol. The molecule has 2 unspecified atom stereocenters. The van der Waals surface area contributed by atoms with Gasteiger partial charge in [-0.3, -0.25) is 4.79 Å². The van der Waals surface area contributed by atoms with Gasteiger partial charge in [-0.05, 0) is 73.8 Å². The van der Waals surface area contributed by atoms with Crippen molar-refractivity contribution in [2.24, 2.45) is 5.92 Å². The summed E-state index contributed by atoms with van der Waals surface area (Å²) in [4.78, 5) is 21.7. The van der Waals surface area contributed by atoms with Crippen LogP contribution < -0.4 is 4.90 Å². The van der Waals surface area contributed by atoms with Gasteiger partial charge in [0.05, 0.1) is 5.56 Å². The lowest BCUT2D eigenvalue weighted by molar-refractivity contribution is 0.0724. The fourth-order valence-electron chi connectivity index (χ4n) is 4.61. The lowest BCUT2D eigenvalue weighted by atomic mass is 10.1. The Hall–Kier alpha value is -2.43. The van der Waals surface area contributed by atoms with Crippen LogP contribution in [0.5, 0.6) is 0 Å². The minimum Gasteiger partial charge on any atom is -0.339 e. The number of anilines is 2. The van der Waals surface area contributed by atoms with E-state index in [9.17, 15) is 9.18 Å². The molecule has 140 valence electrons. The molecule has 0 bridgehead atoms. The van der Waals surface area contributed by atoms with Gasteiger partial charge in [0.1, 0.15) is 11.6 Å². The molecular formula is C22H24FN3O. The predicted octanol–water partition coefficient (Wildman–Crippen LogP) is 4.49. The van der Waals surface area contributed by atoms with Crippen molar-refractivity contribution in [1.82, 2.24) is 9.88 Å². The zero-order valence-corrected chi connectivity index (χ0v) is 15.4. The number of benzene rings is 1. The summed E-state index contributed by atoms with van der Waals surface area (Å²) in [6, 6.07) is 8.76. The minimum atomic E-state index is -0.236. The highest BCUT2D eigenvalue weighted by Crippen LogP contribution is 2.54. The second-order valence-electron chi connectivity index (χ2n) is 8.01. The lowest BCUT2D eigenvalue weighted by Crippen LogP contribution is -2.35. The van der Waals surface area contributed by atoms with E-state index in [0.29, 0.717) is 17.4 Å². The van der Waals surface area contributed by atoms with Crippen LogP contribution >= 0.6 is 0 Å². The van der Waals surface area contributed by atoms with Gasteiger partial charge < -0.3 is 9.80 Å². The van der Waals surface area contributed by atoms with Crippen LogP contribution in [0.2, 0.25) is 0 Å². The number of nitrogens with zero attached hydrogens (tertiary/aromatic N) is 3. The van der Waals surface area contributed by atoms with Crippen molar-refractivity contribution >= 4 is 17.4 Å². The topological polar surface area (TPSA) is 36.4 Å². The quantitative estimate of drug-likeness (QED) is 0.787. The van der Waals surface area contributed by atoms with Crippen molar-refractivity contribution in [2.45, 2.75) is 38.0 Å². The van der Waals surface area contributed by atoms with Crippen LogP contribution in [0, 0.1) is 11.7 Å². The summed E-state index contributed by atoms with van der Waals surface area (Å²) < 4.78 is 13.8. The maximum absolute atomic E-state index is 13.8. The van der Waals surface area contributed by atoms with Gasteiger partial charge in [-0.2, -0.15) is 0 Å². The van der Waals surface area contributed by atoms with Crippen LogP contribution in [0.15, 0.2) is 36.5 Å². The number of hydrogen-bond acceptors (Lipinski definition) is 3. The summed E-state index contributed by atoms with van der Waals surface area (Å²) in [7, 11) is 0. The largest absolute Gasteiger partial charge is 0.339 e. The number of hydrogen-bond donors (Lipinski definition) is 0. The van der Waals surface area contributed by atoms with Gasteiger partial charge in [0.25, 0.3) is 5.91 Å². The Labute approximate surface area is 159 Å². The number of fused-ring (bicyclic) bond motifs is 3. The first-order valence-corrected chi connectivity index (χ1v) is 10.0. The molecule has 1 amide bonds. The molecule has 1 saturated heterocycles. The molecule has 3 aliphatic rings. The van der Waals surface area contributed by atoms with Crippen molar-refractivity contribution in [2.75, 3.05) is 24.5 Å². The van der Waals surface area contributed by atoms with Crippen molar-refractivity contribution in [3.8, 4) is 0 Å². The van der Waals surface area contributed by atoms with Crippen LogP contribution in [-0.2, 0) is 0 Å². The monoisotopic (exact) mass is 365 g/mol. The normalized spacial score (nSPS) is 24.0. The van der Waals surface area contributed by atoms with Crippen LogP contribution in [0.1, 0.15) is 53.9 Å². The number of piperidine rings is 1. The summed E-state index contributed by atoms with van der Waals surface area (Å²) in [6.07, 6.45) is 7.34. The second-order valence-corrected chi connectivity index (χ2v) is 8.01. The Kier molecular flexibility index (Phi) is 4.10. The zero-order chi connectivity index (χ0) is 18.4. The Balaban J connectivity index is 1.51. The Morgan fingerprint density at radius 1 is 1.11 bits per heavy atom. The van der Waals surface area contributed by atoms with E-state index in [1.807, 2.05) is 11.0 Å². The van der Waals surface area contributed by atoms with Crippen LogP contribution in [-0.4, -0.2) is 35.4 Å². The summed E-state index contributed by atoms with van der Waals surface area (Å²) in [5.41, 5.74) is 2.69. The van der Waals surface area contributed by atoms with E-state index >= 15 is 0 Å². The second kappa shape index (κ2) is 6.63. The first-order chi connectivity index (χ1) is 13.2. The molecule has 1 aliphatic carbocycles.